The molecule has 0 aliphatic carbocycles. The van der Waals surface area contributed by atoms with Crippen molar-refractivity contribution in [3.63, 3.8) is 0 Å². The van der Waals surface area contributed by atoms with Crippen molar-refractivity contribution in [2.24, 2.45) is 0 Å². The molecule has 0 radical (unpaired) electrons. The van der Waals surface area contributed by atoms with E-state index in [-0.39, 0.29) is 6.03 Å². The van der Waals surface area contributed by atoms with E-state index in [1.165, 1.54) is 0 Å². The van der Waals surface area contributed by atoms with Crippen LogP contribution in [-0.2, 0) is 19.6 Å². The summed E-state index contributed by atoms with van der Waals surface area (Å²) in [6.07, 6.45) is 3.42. The van der Waals surface area contributed by atoms with Gasteiger partial charge in [0.25, 0.3) is 0 Å². The number of pyridine rings is 1. The lowest BCUT2D eigenvalue weighted by atomic mass is 10.2. The number of amides is 2. The zero-order valence-electron chi connectivity index (χ0n) is 12.7. The zero-order chi connectivity index (χ0) is 15.2. The van der Waals surface area contributed by atoms with Gasteiger partial charge in [-0.1, -0.05) is 0 Å². The molecule has 2 aromatic heterocycles. The molecule has 0 saturated heterocycles. The number of nitrogens with zero attached hydrogens (tertiary/aromatic N) is 3. The average molecular weight is 287 g/mol. The van der Waals surface area contributed by atoms with Gasteiger partial charge in [0, 0.05) is 43.3 Å². The number of rotatable bonds is 5. The molecule has 2 rings (SSSR count). The van der Waals surface area contributed by atoms with Crippen molar-refractivity contribution in [1.29, 1.82) is 0 Å². The Labute approximate surface area is 124 Å². The van der Waals surface area contributed by atoms with E-state index in [1.54, 1.807) is 12.4 Å². The van der Waals surface area contributed by atoms with E-state index in [1.807, 2.05) is 30.7 Å². The van der Waals surface area contributed by atoms with Crippen LogP contribution in [0, 0.1) is 13.8 Å². The van der Waals surface area contributed by atoms with Gasteiger partial charge in [0.1, 0.15) is 0 Å². The Morgan fingerprint density at radius 1 is 1.19 bits per heavy atom. The van der Waals surface area contributed by atoms with Crippen molar-refractivity contribution >= 4 is 6.03 Å². The van der Waals surface area contributed by atoms with Crippen LogP contribution in [0.4, 0.5) is 4.79 Å². The first kappa shape index (κ1) is 15.0. The summed E-state index contributed by atoms with van der Waals surface area (Å²) in [5, 5.41) is 10.1. The topological polar surface area (TPSA) is 71.8 Å². The van der Waals surface area contributed by atoms with Crippen LogP contribution in [0.1, 0.15) is 29.4 Å². The van der Waals surface area contributed by atoms with Gasteiger partial charge < -0.3 is 10.6 Å². The molecule has 6 nitrogen and oxygen atoms in total. The van der Waals surface area contributed by atoms with Crippen LogP contribution in [0.2, 0.25) is 0 Å². The maximum atomic E-state index is 11.8. The van der Waals surface area contributed by atoms with Gasteiger partial charge in [0.05, 0.1) is 5.69 Å². The SMILES string of the molecule is CCn1nc(C)c(CNC(=O)NCc2ccncc2)c1C. The first-order valence-electron chi connectivity index (χ1n) is 7.05. The first-order chi connectivity index (χ1) is 10.1. The molecule has 2 aromatic rings. The number of hydrogen-bond donors (Lipinski definition) is 2. The van der Waals surface area contributed by atoms with Crippen LogP contribution >= 0.6 is 0 Å². The Kier molecular flexibility index (Phi) is 4.92. The minimum absolute atomic E-state index is 0.185. The van der Waals surface area contributed by atoms with Crippen molar-refractivity contribution in [3.05, 3.63) is 47.0 Å². The standard InChI is InChI=1S/C15H21N5O/c1-4-20-12(3)14(11(2)19-20)10-18-15(21)17-9-13-5-7-16-8-6-13/h5-8H,4,9-10H2,1-3H3,(H2,17,18,21). The van der Waals surface area contributed by atoms with Crippen LogP contribution in [-0.4, -0.2) is 20.8 Å². The molecule has 0 unspecified atom stereocenters. The quantitative estimate of drug-likeness (QED) is 0.882. The largest absolute Gasteiger partial charge is 0.334 e. The second kappa shape index (κ2) is 6.88. The number of carbonyl (C=O) groups is 1. The molecule has 0 saturated carbocycles. The normalized spacial score (nSPS) is 10.4. The van der Waals surface area contributed by atoms with E-state index in [2.05, 4.69) is 27.6 Å². The highest BCUT2D eigenvalue weighted by molar-refractivity contribution is 5.73. The highest BCUT2D eigenvalue weighted by Gasteiger charge is 2.11. The third kappa shape index (κ3) is 3.81. The van der Waals surface area contributed by atoms with Crippen LogP contribution in [0.15, 0.2) is 24.5 Å². The molecule has 21 heavy (non-hydrogen) atoms. The van der Waals surface area contributed by atoms with Crippen molar-refractivity contribution in [1.82, 2.24) is 25.4 Å². The Hall–Kier alpha value is -2.37. The Morgan fingerprint density at radius 3 is 2.48 bits per heavy atom. The van der Waals surface area contributed by atoms with Gasteiger partial charge in [0.15, 0.2) is 0 Å². The average Bonchev–Trinajstić information content (AvgIpc) is 2.78. The molecule has 0 spiro atoms. The highest BCUT2D eigenvalue weighted by Crippen LogP contribution is 2.12. The second-order valence-electron chi connectivity index (χ2n) is 4.86. The zero-order valence-corrected chi connectivity index (χ0v) is 12.7. The Morgan fingerprint density at radius 2 is 1.86 bits per heavy atom. The molecular weight excluding hydrogens is 266 g/mol. The van der Waals surface area contributed by atoms with Gasteiger partial charge in [-0.25, -0.2) is 4.79 Å². The monoisotopic (exact) mass is 287 g/mol. The number of urea groups is 1. The second-order valence-corrected chi connectivity index (χ2v) is 4.86. The molecule has 0 fully saturated rings. The van der Waals surface area contributed by atoms with Crippen LogP contribution in [0.5, 0.6) is 0 Å². The highest BCUT2D eigenvalue weighted by atomic mass is 16.2. The predicted octanol–water partition coefficient (Wildman–Crippen LogP) is 1.91. The van der Waals surface area contributed by atoms with Crippen molar-refractivity contribution in [3.8, 4) is 0 Å². The molecule has 0 bridgehead atoms. The van der Waals surface area contributed by atoms with Crippen molar-refractivity contribution in [2.75, 3.05) is 0 Å². The summed E-state index contributed by atoms with van der Waals surface area (Å²) < 4.78 is 1.95. The summed E-state index contributed by atoms with van der Waals surface area (Å²) in [5.74, 6) is 0. The summed E-state index contributed by atoms with van der Waals surface area (Å²) in [7, 11) is 0. The third-order valence-electron chi connectivity index (χ3n) is 3.46. The molecule has 2 heterocycles. The van der Waals surface area contributed by atoms with Crippen LogP contribution in [0.25, 0.3) is 0 Å². The summed E-state index contributed by atoms with van der Waals surface area (Å²) in [4.78, 5) is 15.8. The maximum Gasteiger partial charge on any atom is 0.315 e. The molecular formula is C15H21N5O. The van der Waals surface area contributed by atoms with Crippen molar-refractivity contribution in [2.45, 2.75) is 40.4 Å². The third-order valence-corrected chi connectivity index (χ3v) is 3.46. The lowest BCUT2D eigenvalue weighted by Gasteiger charge is -2.08. The Balaban J connectivity index is 1.85. The molecule has 0 aliphatic rings. The molecule has 112 valence electrons. The van der Waals surface area contributed by atoms with Crippen molar-refractivity contribution < 1.29 is 4.79 Å². The molecule has 2 N–H and O–H groups in total. The molecule has 0 aromatic carbocycles. The minimum Gasteiger partial charge on any atom is -0.334 e. The molecule has 6 heteroatoms. The predicted molar refractivity (Wildman–Crippen MR) is 80.7 cm³/mol. The van der Waals surface area contributed by atoms with Crippen LogP contribution < -0.4 is 10.6 Å². The van der Waals surface area contributed by atoms with E-state index < -0.39 is 0 Å². The molecule has 0 aliphatic heterocycles. The van der Waals surface area contributed by atoms with E-state index in [0.717, 1.165) is 29.1 Å². The van der Waals surface area contributed by atoms with Gasteiger partial charge >= 0.3 is 6.03 Å². The van der Waals surface area contributed by atoms with Gasteiger partial charge in [0.2, 0.25) is 0 Å². The van der Waals surface area contributed by atoms with Gasteiger partial charge in [-0.3, -0.25) is 9.67 Å². The lowest BCUT2D eigenvalue weighted by Crippen LogP contribution is -2.34. The summed E-state index contributed by atoms with van der Waals surface area (Å²) in [6, 6.07) is 3.56. The van der Waals surface area contributed by atoms with Gasteiger partial charge in [-0.2, -0.15) is 5.10 Å². The van der Waals surface area contributed by atoms with Gasteiger partial charge in [-0.15, -0.1) is 0 Å². The fraction of sp³-hybridized carbons (Fsp3) is 0.400. The molecule has 2 amide bonds. The fourth-order valence-electron chi connectivity index (χ4n) is 2.21. The summed E-state index contributed by atoms with van der Waals surface area (Å²) in [6.45, 7) is 7.85. The van der Waals surface area contributed by atoms with Gasteiger partial charge in [-0.05, 0) is 38.5 Å². The smallest absolute Gasteiger partial charge is 0.315 e. The van der Waals surface area contributed by atoms with Crippen LogP contribution in [0.3, 0.4) is 0 Å². The maximum absolute atomic E-state index is 11.8. The lowest BCUT2D eigenvalue weighted by molar-refractivity contribution is 0.240. The number of hydrogen-bond acceptors (Lipinski definition) is 3. The number of aromatic nitrogens is 3. The van der Waals surface area contributed by atoms with E-state index in [0.29, 0.717) is 13.1 Å². The summed E-state index contributed by atoms with van der Waals surface area (Å²) >= 11 is 0. The fourth-order valence-corrected chi connectivity index (χ4v) is 2.21. The van der Waals surface area contributed by atoms with E-state index >= 15 is 0 Å². The minimum atomic E-state index is -0.185. The number of aryl methyl sites for hydroxylation is 2. The first-order valence-corrected chi connectivity index (χ1v) is 7.05. The Bertz CT molecular complexity index is 606. The number of nitrogens with one attached hydrogen (secondary N) is 2. The van der Waals surface area contributed by atoms with E-state index in [9.17, 15) is 4.79 Å². The molecule has 0 atom stereocenters. The van der Waals surface area contributed by atoms with E-state index in [4.69, 9.17) is 0 Å². The summed E-state index contributed by atoms with van der Waals surface area (Å²) in [5.41, 5.74) is 4.16. The number of carbonyl (C=O) groups excluding carboxylic acids is 1.